The average molecular weight is 277 g/mol. The fourth-order valence-electron chi connectivity index (χ4n) is 6.33. The first-order valence-electron chi connectivity index (χ1n) is 9.40. The van der Waals surface area contributed by atoms with E-state index < -0.39 is 0 Å². The second kappa shape index (κ2) is 5.99. The molecule has 0 amide bonds. The van der Waals surface area contributed by atoms with Crippen molar-refractivity contribution >= 4 is 0 Å². The summed E-state index contributed by atoms with van der Waals surface area (Å²) in [6.07, 6.45) is 13.4. The van der Waals surface area contributed by atoms with Crippen LogP contribution in [0.2, 0.25) is 0 Å². The third-order valence-corrected chi connectivity index (χ3v) is 6.91. The summed E-state index contributed by atoms with van der Waals surface area (Å²) in [6, 6.07) is 0.774. The van der Waals surface area contributed by atoms with E-state index in [0.29, 0.717) is 0 Å². The van der Waals surface area contributed by atoms with Gasteiger partial charge in [0.25, 0.3) is 0 Å². The Balaban J connectivity index is 1.72. The lowest BCUT2D eigenvalue weighted by molar-refractivity contribution is -0.0914. The molecule has 1 N–H and O–H groups in total. The van der Waals surface area contributed by atoms with Crippen LogP contribution in [0.15, 0.2) is 0 Å². The Morgan fingerprint density at radius 1 is 0.950 bits per heavy atom. The highest BCUT2D eigenvalue weighted by Gasteiger charge is 2.53. The quantitative estimate of drug-likeness (QED) is 0.690. The smallest absolute Gasteiger partial charge is 0.00978 e. The Labute approximate surface area is 126 Å². The van der Waals surface area contributed by atoms with Crippen molar-refractivity contribution in [1.82, 2.24) is 5.32 Å². The first kappa shape index (κ1) is 14.9. The predicted molar refractivity (Wildman–Crippen MR) is 86.8 cm³/mol. The molecule has 0 aromatic heterocycles. The second-order valence-electron chi connectivity index (χ2n) is 8.42. The van der Waals surface area contributed by atoms with E-state index in [9.17, 15) is 0 Å². The van der Waals surface area contributed by atoms with Gasteiger partial charge in [0.05, 0.1) is 0 Å². The summed E-state index contributed by atoms with van der Waals surface area (Å²) in [7, 11) is 0. The summed E-state index contributed by atoms with van der Waals surface area (Å²) in [5.41, 5.74) is 0.718. The van der Waals surface area contributed by atoms with Crippen molar-refractivity contribution in [2.75, 3.05) is 6.54 Å². The van der Waals surface area contributed by atoms with Gasteiger partial charge in [-0.15, -0.1) is 0 Å². The molecule has 2 atom stereocenters. The van der Waals surface area contributed by atoms with Crippen LogP contribution in [0.1, 0.15) is 78.6 Å². The molecule has 4 saturated carbocycles. The maximum Gasteiger partial charge on any atom is 0.00978 e. The molecule has 0 aliphatic heterocycles. The molecule has 0 spiro atoms. The maximum atomic E-state index is 3.90. The molecule has 1 nitrogen and oxygen atoms in total. The lowest BCUT2D eigenvalue weighted by atomic mass is 9.46. The SMILES string of the molecule is CCCNC(CCC)C(C)C12CC3CC(CC(C3)C1)C2. The van der Waals surface area contributed by atoms with E-state index in [1.54, 1.807) is 38.5 Å². The minimum atomic E-state index is 0.718. The van der Waals surface area contributed by atoms with Gasteiger partial charge in [-0.1, -0.05) is 27.2 Å². The number of nitrogens with one attached hydrogen (secondary N) is 1. The molecule has 0 radical (unpaired) electrons. The van der Waals surface area contributed by atoms with Gasteiger partial charge in [-0.25, -0.2) is 0 Å². The average Bonchev–Trinajstić information content (AvgIpc) is 2.41. The van der Waals surface area contributed by atoms with Crippen molar-refractivity contribution < 1.29 is 0 Å². The zero-order chi connectivity index (χ0) is 14.2. The monoisotopic (exact) mass is 277 g/mol. The highest BCUT2D eigenvalue weighted by atomic mass is 14.9. The van der Waals surface area contributed by atoms with E-state index in [0.717, 1.165) is 35.1 Å². The molecule has 1 heteroatoms. The predicted octanol–water partition coefficient (Wildman–Crippen LogP) is 5.01. The molecule has 4 rings (SSSR count). The third-order valence-electron chi connectivity index (χ3n) is 6.91. The summed E-state index contributed by atoms with van der Waals surface area (Å²) < 4.78 is 0. The van der Waals surface area contributed by atoms with E-state index in [4.69, 9.17) is 0 Å². The van der Waals surface area contributed by atoms with Crippen LogP contribution in [0.5, 0.6) is 0 Å². The van der Waals surface area contributed by atoms with Gasteiger partial charge in [0, 0.05) is 6.04 Å². The Kier molecular flexibility index (Phi) is 4.45. The molecule has 4 bridgehead atoms. The van der Waals surface area contributed by atoms with Gasteiger partial charge in [-0.3, -0.25) is 0 Å². The molecule has 0 aromatic carbocycles. The van der Waals surface area contributed by atoms with Crippen LogP contribution >= 0.6 is 0 Å². The molecule has 0 aromatic rings. The largest absolute Gasteiger partial charge is 0.314 e. The number of rotatable bonds is 7. The van der Waals surface area contributed by atoms with Crippen LogP contribution < -0.4 is 5.32 Å². The first-order valence-corrected chi connectivity index (χ1v) is 9.40. The fraction of sp³-hybridized carbons (Fsp3) is 1.00. The zero-order valence-corrected chi connectivity index (χ0v) is 14.0. The molecule has 116 valence electrons. The lowest BCUT2D eigenvalue weighted by Crippen LogP contribution is -2.53. The van der Waals surface area contributed by atoms with Crippen molar-refractivity contribution in [2.45, 2.75) is 84.6 Å². The molecule has 4 aliphatic rings. The molecule has 20 heavy (non-hydrogen) atoms. The summed E-state index contributed by atoms with van der Waals surface area (Å²) in [6.45, 7) is 8.45. The van der Waals surface area contributed by atoms with Gasteiger partial charge in [0.1, 0.15) is 0 Å². The van der Waals surface area contributed by atoms with Gasteiger partial charge < -0.3 is 5.32 Å². The van der Waals surface area contributed by atoms with E-state index >= 15 is 0 Å². The van der Waals surface area contributed by atoms with Gasteiger partial charge >= 0.3 is 0 Å². The van der Waals surface area contributed by atoms with Crippen molar-refractivity contribution in [2.24, 2.45) is 29.1 Å². The van der Waals surface area contributed by atoms with Gasteiger partial charge in [0.15, 0.2) is 0 Å². The Hall–Kier alpha value is -0.0400. The summed E-state index contributed by atoms with van der Waals surface area (Å²) >= 11 is 0. The van der Waals surface area contributed by atoms with Crippen molar-refractivity contribution in [3.8, 4) is 0 Å². The van der Waals surface area contributed by atoms with Crippen LogP contribution in [-0.4, -0.2) is 12.6 Å². The van der Waals surface area contributed by atoms with Crippen molar-refractivity contribution in [1.29, 1.82) is 0 Å². The molecule has 4 aliphatic carbocycles. The molecule has 0 saturated heterocycles. The Morgan fingerprint density at radius 2 is 1.50 bits per heavy atom. The summed E-state index contributed by atoms with van der Waals surface area (Å²) in [4.78, 5) is 0. The topological polar surface area (TPSA) is 12.0 Å². The minimum absolute atomic E-state index is 0.718. The van der Waals surface area contributed by atoms with Gasteiger partial charge in [-0.05, 0) is 87.0 Å². The maximum absolute atomic E-state index is 3.90. The highest BCUT2D eigenvalue weighted by Crippen LogP contribution is 2.63. The molecular formula is C19H35N. The normalized spacial score (nSPS) is 41.9. The third kappa shape index (κ3) is 2.67. The summed E-state index contributed by atoms with van der Waals surface area (Å²) in [5.74, 6) is 4.17. The zero-order valence-electron chi connectivity index (χ0n) is 14.0. The second-order valence-corrected chi connectivity index (χ2v) is 8.42. The van der Waals surface area contributed by atoms with Crippen LogP contribution in [-0.2, 0) is 0 Å². The summed E-state index contributed by atoms with van der Waals surface area (Å²) in [5, 5.41) is 3.90. The molecular weight excluding hydrogens is 242 g/mol. The van der Waals surface area contributed by atoms with Crippen LogP contribution in [0.25, 0.3) is 0 Å². The van der Waals surface area contributed by atoms with Crippen molar-refractivity contribution in [3.05, 3.63) is 0 Å². The fourth-order valence-corrected chi connectivity index (χ4v) is 6.33. The molecule has 0 heterocycles. The first-order chi connectivity index (χ1) is 9.66. The molecule has 4 fully saturated rings. The van der Waals surface area contributed by atoms with Crippen LogP contribution in [0, 0.1) is 29.1 Å². The van der Waals surface area contributed by atoms with E-state index in [-0.39, 0.29) is 0 Å². The van der Waals surface area contributed by atoms with Gasteiger partial charge in [-0.2, -0.15) is 0 Å². The Morgan fingerprint density at radius 3 is 1.95 bits per heavy atom. The van der Waals surface area contributed by atoms with Gasteiger partial charge in [0.2, 0.25) is 0 Å². The highest BCUT2D eigenvalue weighted by molar-refractivity contribution is 5.05. The van der Waals surface area contributed by atoms with Crippen LogP contribution in [0.4, 0.5) is 0 Å². The van der Waals surface area contributed by atoms with Crippen molar-refractivity contribution in [3.63, 3.8) is 0 Å². The van der Waals surface area contributed by atoms with E-state index in [2.05, 4.69) is 26.1 Å². The number of hydrogen-bond acceptors (Lipinski definition) is 1. The number of hydrogen-bond donors (Lipinski definition) is 1. The Bertz CT molecular complexity index is 286. The lowest BCUT2D eigenvalue weighted by Gasteiger charge is -2.60. The van der Waals surface area contributed by atoms with Crippen LogP contribution in [0.3, 0.4) is 0 Å². The standard InChI is InChI=1S/C19H35N/c1-4-6-18(20-7-5-2)14(3)19-11-15-8-16(12-19)10-17(9-15)13-19/h14-18,20H,4-13H2,1-3H3. The van der Waals surface area contributed by atoms with E-state index in [1.807, 2.05) is 0 Å². The molecule has 2 unspecified atom stereocenters. The van der Waals surface area contributed by atoms with E-state index in [1.165, 1.54) is 25.8 Å². The minimum Gasteiger partial charge on any atom is -0.314 e.